The Morgan fingerprint density at radius 1 is 0.875 bits per heavy atom. The van der Waals surface area contributed by atoms with Crippen molar-refractivity contribution >= 4 is 43.3 Å². The summed E-state index contributed by atoms with van der Waals surface area (Å²) >= 11 is 4.59. The zero-order valence-electron chi connectivity index (χ0n) is 16.8. The standard InChI is InChI=1S/C23H18BrN3O3S2/c24-18-13-11-17(12-14-18)21(28)15-31-23-26-25-22(27(23)19-7-3-1-4-8-19)16-32(29,30)20-9-5-2-6-10-20/h1-14H,15-16H2. The second kappa shape index (κ2) is 9.81. The molecule has 0 aliphatic heterocycles. The van der Waals surface area contributed by atoms with Crippen LogP contribution in [0.3, 0.4) is 0 Å². The topological polar surface area (TPSA) is 81.9 Å². The van der Waals surface area contributed by atoms with Gasteiger partial charge in [-0.1, -0.05) is 76.2 Å². The van der Waals surface area contributed by atoms with Crippen molar-refractivity contribution in [3.05, 3.63) is 101 Å². The normalized spacial score (nSPS) is 11.4. The van der Waals surface area contributed by atoms with Crippen molar-refractivity contribution in [2.45, 2.75) is 15.8 Å². The Hall–Kier alpha value is -2.75. The Bertz CT molecular complexity index is 1320. The molecule has 0 N–H and O–H groups in total. The summed E-state index contributed by atoms with van der Waals surface area (Å²) in [4.78, 5) is 12.8. The van der Waals surface area contributed by atoms with E-state index in [9.17, 15) is 13.2 Å². The maximum atomic E-state index is 12.9. The number of rotatable bonds is 8. The van der Waals surface area contributed by atoms with Gasteiger partial charge in [-0.25, -0.2) is 8.42 Å². The Kier molecular flexibility index (Phi) is 6.88. The second-order valence-electron chi connectivity index (χ2n) is 6.86. The summed E-state index contributed by atoms with van der Waals surface area (Å²) in [6.45, 7) is 0. The SMILES string of the molecule is O=C(CSc1nnc(CS(=O)(=O)c2ccccc2)n1-c1ccccc1)c1ccc(Br)cc1. The first-order chi connectivity index (χ1) is 15.4. The fraction of sp³-hybridized carbons (Fsp3) is 0.0870. The van der Waals surface area contributed by atoms with E-state index in [0.29, 0.717) is 16.5 Å². The molecule has 1 heterocycles. The minimum atomic E-state index is -3.61. The Labute approximate surface area is 198 Å². The summed E-state index contributed by atoms with van der Waals surface area (Å²) in [5, 5.41) is 8.82. The Morgan fingerprint density at radius 2 is 1.50 bits per heavy atom. The average molecular weight is 528 g/mol. The number of benzene rings is 3. The van der Waals surface area contributed by atoms with Crippen LogP contribution in [0.1, 0.15) is 16.2 Å². The lowest BCUT2D eigenvalue weighted by atomic mass is 10.2. The number of para-hydroxylation sites is 1. The van der Waals surface area contributed by atoms with E-state index in [1.807, 2.05) is 42.5 Å². The van der Waals surface area contributed by atoms with Gasteiger partial charge < -0.3 is 0 Å². The summed E-state index contributed by atoms with van der Waals surface area (Å²) < 4.78 is 28.4. The molecule has 1 aromatic heterocycles. The fourth-order valence-corrected chi connectivity index (χ4v) is 5.45. The molecule has 6 nitrogen and oxygen atoms in total. The number of thioether (sulfide) groups is 1. The monoisotopic (exact) mass is 527 g/mol. The lowest BCUT2D eigenvalue weighted by Crippen LogP contribution is -2.11. The number of ketones is 1. The van der Waals surface area contributed by atoms with Crippen molar-refractivity contribution in [1.82, 2.24) is 14.8 Å². The van der Waals surface area contributed by atoms with Gasteiger partial charge >= 0.3 is 0 Å². The molecule has 0 radical (unpaired) electrons. The maximum Gasteiger partial charge on any atom is 0.196 e. The molecule has 4 aromatic rings. The van der Waals surface area contributed by atoms with Crippen LogP contribution >= 0.6 is 27.7 Å². The van der Waals surface area contributed by atoms with Gasteiger partial charge in [0.2, 0.25) is 0 Å². The number of carbonyl (C=O) groups excluding carboxylic acids is 1. The highest BCUT2D eigenvalue weighted by molar-refractivity contribution is 9.10. The summed E-state index contributed by atoms with van der Waals surface area (Å²) in [6.07, 6.45) is 0. The molecule has 0 spiro atoms. The van der Waals surface area contributed by atoms with Crippen LogP contribution in [-0.4, -0.2) is 34.7 Å². The van der Waals surface area contributed by atoms with Crippen LogP contribution in [0.15, 0.2) is 99.5 Å². The highest BCUT2D eigenvalue weighted by Gasteiger charge is 2.23. The highest BCUT2D eigenvalue weighted by atomic mass is 79.9. The van der Waals surface area contributed by atoms with Crippen LogP contribution in [0.25, 0.3) is 5.69 Å². The molecule has 0 saturated carbocycles. The van der Waals surface area contributed by atoms with Crippen molar-refractivity contribution in [3.8, 4) is 5.69 Å². The van der Waals surface area contributed by atoms with Gasteiger partial charge in [0, 0.05) is 15.7 Å². The van der Waals surface area contributed by atoms with Crippen molar-refractivity contribution < 1.29 is 13.2 Å². The quantitative estimate of drug-likeness (QED) is 0.237. The van der Waals surface area contributed by atoms with E-state index in [2.05, 4.69) is 26.1 Å². The minimum Gasteiger partial charge on any atom is -0.293 e. The van der Waals surface area contributed by atoms with E-state index < -0.39 is 9.84 Å². The third-order valence-corrected chi connectivity index (χ3v) is 7.72. The predicted molar refractivity (Wildman–Crippen MR) is 128 cm³/mol. The molecule has 9 heteroatoms. The third-order valence-electron chi connectivity index (χ3n) is 4.63. The molecule has 32 heavy (non-hydrogen) atoms. The fourth-order valence-electron chi connectivity index (χ4n) is 3.05. The van der Waals surface area contributed by atoms with E-state index in [0.717, 1.165) is 10.2 Å². The van der Waals surface area contributed by atoms with Crippen LogP contribution in [0.4, 0.5) is 0 Å². The number of hydrogen-bond donors (Lipinski definition) is 0. The van der Waals surface area contributed by atoms with Gasteiger partial charge in [-0.2, -0.15) is 0 Å². The molecular weight excluding hydrogens is 510 g/mol. The molecule has 4 rings (SSSR count). The molecule has 162 valence electrons. The largest absolute Gasteiger partial charge is 0.293 e. The zero-order valence-corrected chi connectivity index (χ0v) is 20.0. The van der Waals surface area contributed by atoms with Crippen molar-refractivity contribution in [2.24, 2.45) is 0 Å². The molecule has 0 aliphatic rings. The molecule has 0 amide bonds. The van der Waals surface area contributed by atoms with E-state index in [4.69, 9.17) is 0 Å². The van der Waals surface area contributed by atoms with E-state index in [1.165, 1.54) is 11.8 Å². The minimum absolute atomic E-state index is 0.0523. The number of aromatic nitrogens is 3. The molecule has 0 fully saturated rings. The first kappa shape index (κ1) is 22.4. The highest BCUT2D eigenvalue weighted by Crippen LogP contribution is 2.25. The smallest absolute Gasteiger partial charge is 0.196 e. The van der Waals surface area contributed by atoms with E-state index in [-0.39, 0.29) is 22.2 Å². The van der Waals surface area contributed by atoms with Gasteiger partial charge in [-0.3, -0.25) is 9.36 Å². The number of carbonyl (C=O) groups is 1. The first-order valence-electron chi connectivity index (χ1n) is 9.63. The van der Waals surface area contributed by atoms with Crippen LogP contribution in [0.5, 0.6) is 0 Å². The lowest BCUT2D eigenvalue weighted by Gasteiger charge is -2.10. The maximum absolute atomic E-state index is 12.9. The third kappa shape index (κ3) is 5.17. The summed E-state index contributed by atoms with van der Waals surface area (Å²) in [5.74, 6) is 0.0836. The van der Waals surface area contributed by atoms with Crippen molar-refractivity contribution in [3.63, 3.8) is 0 Å². The number of nitrogens with zero attached hydrogens (tertiary/aromatic N) is 3. The van der Waals surface area contributed by atoms with Gasteiger partial charge in [0.25, 0.3) is 0 Å². The molecule has 0 saturated heterocycles. The average Bonchev–Trinajstić information content (AvgIpc) is 3.20. The van der Waals surface area contributed by atoms with E-state index >= 15 is 0 Å². The lowest BCUT2D eigenvalue weighted by molar-refractivity contribution is 0.102. The number of Topliss-reactive ketones (excluding diaryl/α,β-unsaturated/α-hetero) is 1. The second-order valence-corrected chi connectivity index (χ2v) is 10.7. The Balaban J connectivity index is 1.63. The first-order valence-corrected chi connectivity index (χ1v) is 13.1. The molecule has 0 unspecified atom stereocenters. The van der Waals surface area contributed by atoms with Gasteiger partial charge in [0.05, 0.1) is 10.6 Å². The van der Waals surface area contributed by atoms with Crippen molar-refractivity contribution in [2.75, 3.05) is 5.75 Å². The van der Waals surface area contributed by atoms with Gasteiger partial charge in [0.1, 0.15) is 5.75 Å². The van der Waals surface area contributed by atoms with Crippen LogP contribution in [0, 0.1) is 0 Å². The van der Waals surface area contributed by atoms with Gasteiger partial charge in [-0.15, -0.1) is 10.2 Å². The van der Waals surface area contributed by atoms with Crippen LogP contribution < -0.4 is 0 Å². The van der Waals surface area contributed by atoms with Gasteiger partial charge in [-0.05, 0) is 36.4 Å². The zero-order chi connectivity index (χ0) is 22.6. The molecule has 0 atom stereocenters. The number of hydrogen-bond acceptors (Lipinski definition) is 6. The summed E-state index contributed by atoms with van der Waals surface area (Å²) in [5.41, 5.74) is 1.33. The summed E-state index contributed by atoms with van der Waals surface area (Å²) in [6, 6.07) is 24.7. The molecule has 0 bridgehead atoms. The number of sulfone groups is 1. The van der Waals surface area contributed by atoms with Crippen LogP contribution in [0.2, 0.25) is 0 Å². The van der Waals surface area contributed by atoms with Gasteiger partial charge in [0.15, 0.2) is 26.6 Å². The predicted octanol–water partition coefficient (Wildman–Crippen LogP) is 4.98. The number of halogens is 1. The van der Waals surface area contributed by atoms with Crippen molar-refractivity contribution in [1.29, 1.82) is 0 Å². The molecule has 0 aliphatic carbocycles. The van der Waals surface area contributed by atoms with Crippen LogP contribution in [-0.2, 0) is 15.6 Å². The summed E-state index contributed by atoms with van der Waals surface area (Å²) in [7, 11) is -3.61. The molecular formula is C23H18BrN3O3S2. The Morgan fingerprint density at radius 3 is 2.16 bits per heavy atom. The molecule has 3 aromatic carbocycles. The van der Waals surface area contributed by atoms with E-state index in [1.54, 1.807) is 47.0 Å².